The van der Waals surface area contributed by atoms with Crippen LogP contribution in [0.5, 0.6) is 0 Å². The number of nitrogens with zero attached hydrogens (tertiary/aromatic N) is 3. The molecule has 0 saturated carbocycles. The van der Waals surface area contributed by atoms with E-state index in [0.29, 0.717) is 18.1 Å². The van der Waals surface area contributed by atoms with Crippen molar-refractivity contribution >= 4 is 23.4 Å². The van der Waals surface area contributed by atoms with Crippen LogP contribution in [0.25, 0.3) is 5.69 Å². The maximum atomic E-state index is 12.9. The van der Waals surface area contributed by atoms with E-state index in [-0.39, 0.29) is 23.9 Å². The number of amides is 3. The van der Waals surface area contributed by atoms with Crippen molar-refractivity contribution in [1.82, 2.24) is 14.7 Å². The van der Waals surface area contributed by atoms with Crippen molar-refractivity contribution in [2.75, 3.05) is 23.7 Å². The number of anilines is 2. The van der Waals surface area contributed by atoms with Gasteiger partial charge in [-0.3, -0.25) is 4.79 Å². The SMILES string of the molecule is CCN(CC(=O)Nc1cc(C(C)(C)C)nn1-c1ccccc1C)C(=O)Nc1cccc(C)c1. The quantitative estimate of drug-likeness (QED) is 0.540. The fourth-order valence-electron chi connectivity index (χ4n) is 3.43. The summed E-state index contributed by atoms with van der Waals surface area (Å²) < 4.78 is 1.76. The van der Waals surface area contributed by atoms with Crippen molar-refractivity contribution in [3.05, 3.63) is 71.4 Å². The number of benzene rings is 2. The van der Waals surface area contributed by atoms with E-state index < -0.39 is 0 Å². The molecule has 0 aliphatic carbocycles. The molecule has 0 spiro atoms. The highest BCUT2D eigenvalue weighted by molar-refractivity contribution is 5.96. The van der Waals surface area contributed by atoms with Crippen LogP contribution in [0.15, 0.2) is 54.6 Å². The number of nitrogens with one attached hydrogen (secondary N) is 2. The summed E-state index contributed by atoms with van der Waals surface area (Å²) in [4.78, 5) is 27.1. The standard InChI is InChI=1S/C26H33N5O2/c1-7-30(25(33)27-20-13-10-11-18(2)15-20)17-24(32)28-23-16-22(26(4,5)6)29-31(23)21-14-9-8-12-19(21)3/h8-16H,7,17H2,1-6H3,(H,27,33)(H,28,32). The molecule has 0 fully saturated rings. The molecule has 0 aliphatic heterocycles. The Morgan fingerprint density at radius 2 is 1.73 bits per heavy atom. The van der Waals surface area contributed by atoms with Crippen LogP contribution in [0.1, 0.15) is 44.5 Å². The maximum absolute atomic E-state index is 12.9. The minimum absolute atomic E-state index is 0.0715. The van der Waals surface area contributed by atoms with Gasteiger partial charge in [-0.05, 0) is 50.1 Å². The Hall–Kier alpha value is -3.61. The number of hydrogen-bond acceptors (Lipinski definition) is 3. The third-order valence-electron chi connectivity index (χ3n) is 5.36. The zero-order chi connectivity index (χ0) is 24.2. The van der Waals surface area contributed by atoms with Gasteiger partial charge in [0.1, 0.15) is 12.4 Å². The smallest absolute Gasteiger partial charge is 0.315 e. The molecule has 3 aromatic rings. The van der Waals surface area contributed by atoms with Gasteiger partial charge in [0.15, 0.2) is 0 Å². The lowest BCUT2D eigenvalue weighted by molar-refractivity contribution is -0.116. The van der Waals surface area contributed by atoms with Crippen molar-refractivity contribution in [2.45, 2.75) is 47.0 Å². The number of rotatable bonds is 6. The Balaban J connectivity index is 1.79. The fraction of sp³-hybridized carbons (Fsp3) is 0.346. The zero-order valence-corrected chi connectivity index (χ0v) is 20.3. The van der Waals surface area contributed by atoms with Gasteiger partial charge in [-0.1, -0.05) is 51.1 Å². The number of carbonyl (C=O) groups is 2. The van der Waals surface area contributed by atoms with E-state index in [1.807, 2.05) is 75.4 Å². The van der Waals surface area contributed by atoms with Crippen molar-refractivity contribution in [1.29, 1.82) is 0 Å². The molecule has 7 nitrogen and oxygen atoms in total. The van der Waals surface area contributed by atoms with Crippen LogP contribution in [-0.2, 0) is 10.2 Å². The first kappa shape index (κ1) is 24.0. The van der Waals surface area contributed by atoms with Gasteiger partial charge in [-0.15, -0.1) is 0 Å². The van der Waals surface area contributed by atoms with Crippen molar-refractivity contribution in [3.63, 3.8) is 0 Å². The van der Waals surface area contributed by atoms with E-state index in [0.717, 1.165) is 22.5 Å². The highest BCUT2D eigenvalue weighted by Gasteiger charge is 2.23. The first-order chi connectivity index (χ1) is 15.6. The summed E-state index contributed by atoms with van der Waals surface area (Å²) in [6.45, 7) is 12.4. The summed E-state index contributed by atoms with van der Waals surface area (Å²) in [5, 5.41) is 10.6. The minimum atomic E-state index is -0.318. The van der Waals surface area contributed by atoms with E-state index in [9.17, 15) is 9.59 Å². The summed E-state index contributed by atoms with van der Waals surface area (Å²) in [5.74, 6) is 0.292. The van der Waals surface area contributed by atoms with Gasteiger partial charge in [0.2, 0.25) is 5.91 Å². The van der Waals surface area contributed by atoms with E-state index in [2.05, 4.69) is 31.4 Å². The largest absolute Gasteiger partial charge is 0.322 e. The molecular formula is C26H33N5O2. The minimum Gasteiger partial charge on any atom is -0.315 e. The van der Waals surface area contributed by atoms with Crippen LogP contribution in [0.2, 0.25) is 0 Å². The number of aromatic nitrogens is 2. The third kappa shape index (κ3) is 6.00. The molecule has 33 heavy (non-hydrogen) atoms. The molecule has 1 aromatic heterocycles. The van der Waals surface area contributed by atoms with Gasteiger partial charge in [0.05, 0.1) is 11.4 Å². The van der Waals surface area contributed by atoms with Crippen LogP contribution < -0.4 is 10.6 Å². The molecule has 3 rings (SSSR count). The number of aryl methyl sites for hydroxylation is 2. The first-order valence-electron chi connectivity index (χ1n) is 11.2. The predicted molar refractivity (Wildman–Crippen MR) is 133 cm³/mol. The maximum Gasteiger partial charge on any atom is 0.322 e. The predicted octanol–water partition coefficient (Wildman–Crippen LogP) is 5.28. The monoisotopic (exact) mass is 447 g/mol. The lowest BCUT2D eigenvalue weighted by Crippen LogP contribution is -2.40. The molecule has 0 bridgehead atoms. The van der Waals surface area contributed by atoms with Crippen molar-refractivity contribution in [3.8, 4) is 5.69 Å². The second kappa shape index (κ2) is 9.90. The topological polar surface area (TPSA) is 79.3 Å². The second-order valence-corrected chi connectivity index (χ2v) is 9.23. The Morgan fingerprint density at radius 3 is 2.36 bits per heavy atom. The van der Waals surface area contributed by atoms with Gasteiger partial charge in [-0.2, -0.15) is 5.10 Å². The Kier molecular flexibility index (Phi) is 7.21. The molecular weight excluding hydrogens is 414 g/mol. The van der Waals surface area contributed by atoms with Gasteiger partial charge < -0.3 is 15.5 Å². The third-order valence-corrected chi connectivity index (χ3v) is 5.36. The van der Waals surface area contributed by atoms with Crippen molar-refractivity contribution in [2.24, 2.45) is 0 Å². The van der Waals surface area contributed by atoms with Crippen LogP contribution in [0.4, 0.5) is 16.3 Å². The highest BCUT2D eigenvalue weighted by Crippen LogP contribution is 2.27. The number of para-hydroxylation sites is 1. The first-order valence-corrected chi connectivity index (χ1v) is 11.2. The molecule has 0 saturated heterocycles. The van der Waals surface area contributed by atoms with Gasteiger partial charge in [0.25, 0.3) is 0 Å². The molecule has 0 atom stereocenters. The summed E-state index contributed by atoms with van der Waals surface area (Å²) in [6.07, 6.45) is 0. The lowest BCUT2D eigenvalue weighted by atomic mass is 9.92. The molecule has 174 valence electrons. The molecule has 7 heteroatoms. The van der Waals surface area contributed by atoms with Crippen LogP contribution in [0.3, 0.4) is 0 Å². The normalized spacial score (nSPS) is 11.2. The highest BCUT2D eigenvalue weighted by atomic mass is 16.2. The van der Waals surface area contributed by atoms with Crippen LogP contribution in [0, 0.1) is 13.8 Å². The second-order valence-electron chi connectivity index (χ2n) is 9.23. The van der Waals surface area contributed by atoms with E-state index in [1.54, 1.807) is 4.68 Å². The number of urea groups is 1. The molecule has 0 aliphatic rings. The lowest BCUT2D eigenvalue weighted by Gasteiger charge is -2.21. The molecule has 3 amide bonds. The summed E-state index contributed by atoms with van der Waals surface area (Å²) in [7, 11) is 0. The summed E-state index contributed by atoms with van der Waals surface area (Å²) in [5.41, 5.74) is 4.37. The average molecular weight is 448 g/mol. The summed E-state index contributed by atoms with van der Waals surface area (Å²) >= 11 is 0. The molecule has 1 heterocycles. The molecule has 0 radical (unpaired) electrons. The number of carbonyl (C=O) groups excluding carboxylic acids is 2. The molecule has 2 N–H and O–H groups in total. The molecule has 2 aromatic carbocycles. The number of likely N-dealkylation sites (N-methyl/N-ethyl adjacent to an activating group) is 1. The Morgan fingerprint density at radius 1 is 1.00 bits per heavy atom. The summed E-state index contributed by atoms with van der Waals surface area (Å²) in [6, 6.07) is 17.0. The van der Waals surface area contributed by atoms with E-state index >= 15 is 0 Å². The van der Waals surface area contributed by atoms with Crippen LogP contribution >= 0.6 is 0 Å². The fourth-order valence-corrected chi connectivity index (χ4v) is 3.43. The Labute approximate surface area is 195 Å². The van der Waals surface area contributed by atoms with E-state index in [1.165, 1.54) is 4.90 Å². The van der Waals surface area contributed by atoms with Gasteiger partial charge in [0, 0.05) is 23.7 Å². The Bertz CT molecular complexity index is 1140. The van der Waals surface area contributed by atoms with Crippen molar-refractivity contribution < 1.29 is 9.59 Å². The number of hydrogen-bond donors (Lipinski definition) is 2. The molecule has 0 unspecified atom stereocenters. The van der Waals surface area contributed by atoms with E-state index in [4.69, 9.17) is 5.10 Å². The zero-order valence-electron chi connectivity index (χ0n) is 20.3. The average Bonchev–Trinajstić information content (AvgIpc) is 3.16. The van der Waals surface area contributed by atoms with Gasteiger partial charge in [-0.25, -0.2) is 9.48 Å². The van der Waals surface area contributed by atoms with Gasteiger partial charge >= 0.3 is 6.03 Å². The van der Waals surface area contributed by atoms with Crippen LogP contribution in [-0.4, -0.2) is 39.7 Å².